The van der Waals surface area contributed by atoms with Crippen LogP contribution in [0.1, 0.15) is 39.0 Å². The number of ether oxygens (including phenoxy) is 1. The Hall–Kier alpha value is -2.21. The van der Waals surface area contributed by atoms with Crippen LogP contribution in [0.5, 0.6) is 5.75 Å². The number of hydrogen-bond donors (Lipinski definition) is 2. The summed E-state index contributed by atoms with van der Waals surface area (Å²) in [6, 6.07) is 6.39. The third-order valence-electron chi connectivity index (χ3n) is 7.88. The van der Waals surface area contributed by atoms with Crippen LogP contribution in [0, 0.1) is 29.5 Å². The number of fused-ring (bicyclic) bond motifs is 2. The summed E-state index contributed by atoms with van der Waals surface area (Å²) in [4.78, 5) is 17.0. The van der Waals surface area contributed by atoms with Crippen LogP contribution in [0.4, 0.5) is 4.39 Å². The molecule has 2 unspecified atom stereocenters. The average Bonchev–Trinajstić information content (AvgIpc) is 3.14. The van der Waals surface area contributed by atoms with Crippen molar-refractivity contribution in [1.82, 2.24) is 10.3 Å². The van der Waals surface area contributed by atoms with Crippen LogP contribution >= 0.6 is 0 Å². The molecule has 5 nitrogen and oxygen atoms in total. The number of benzene rings is 1. The molecule has 0 spiro atoms. The maximum Gasteiger partial charge on any atom is 0.223 e. The highest BCUT2D eigenvalue weighted by atomic mass is 19.1. The van der Waals surface area contributed by atoms with E-state index in [2.05, 4.69) is 17.2 Å². The van der Waals surface area contributed by atoms with E-state index in [1.54, 1.807) is 12.3 Å². The molecule has 5 aliphatic rings. The lowest BCUT2D eigenvalue weighted by molar-refractivity contribution is -0.140. The summed E-state index contributed by atoms with van der Waals surface area (Å²) in [6.45, 7) is 2.07. The van der Waals surface area contributed by atoms with E-state index in [1.165, 1.54) is 12.1 Å². The highest BCUT2D eigenvalue weighted by Gasteiger charge is 2.67. The molecular formula is C23H26FN3O2. The van der Waals surface area contributed by atoms with Gasteiger partial charge in [0, 0.05) is 28.6 Å². The molecule has 1 amide bonds. The SMILES string of the molecule is CC(C(=O)NC12CC(N)(C1)C2)[C@H]1[C@@H]2CC(Oc3ccnc4ccc(F)cc34)C[C@@H]21. The van der Waals surface area contributed by atoms with Crippen molar-refractivity contribution in [1.29, 1.82) is 0 Å². The van der Waals surface area contributed by atoms with Crippen molar-refractivity contribution in [2.45, 2.75) is 56.2 Å². The van der Waals surface area contributed by atoms with Crippen LogP contribution in [-0.2, 0) is 4.79 Å². The second-order valence-electron chi connectivity index (χ2n) is 10.0. The zero-order chi connectivity index (χ0) is 20.0. The minimum atomic E-state index is -0.284. The molecule has 7 rings (SSSR count). The van der Waals surface area contributed by atoms with Crippen LogP contribution in [0.3, 0.4) is 0 Å². The second kappa shape index (κ2) is 5.69. The van der Waals surface area contributed by atoms with E-state index >= 15 is 0 Å². The largest absolute Gasteiger partial charge is 0.490 e. The molecule has 5 aliphatic carbocycles. The fraction of sp³-hybridized carbons (Fsp3) is 0.565. The highest BCUT2D eigenvalue weighted by Crippen LogP contribution is 2.62. The van der Waals surface area contributed by atoms with Crippen molar-refractivity contribution < 1.29 is 13.9 Å². The zero-order valence-electron chi connectivity index (χ0n) is 16.5. The normalized spacial score (nSPS) is 39.8. The van der Waals surface area contributed by atoms with Gasteiger partial charge in [0.25, 0.3) is 0 Å². The summed E-state index contributed by atoms with van der Waals surface area (Å²) < 4.78 is 19.9. The summed E-state index contributed by atoms with van der Waals surface area (Å²) in [5, 5.41) is 3.99. The molecule has 3 N–H and O–H groups in total. The first kappa shape index (κ1) is 17.6. The third kappa shape index (κ3) is 2.68. The van der Waals surface area contributed by atoms with Crippen molar-refractivity contribution in [3.8, 4) is 5.75 Å². The highest BCUT2D eigenvalue weighted by molar-refractivity contribution is 5.84. The molecule has 5 fully saturated rings. The monoisotopic (exact) mass is 395 g/mol. The van der Waals surface area contributed by atoms with E-state index in [0.717, 1.165) is 37.6 Å². The topological polar surface area (TPSA) is 77.2 Å². The number of hydrogen-bond acceptors (Lipinski definition) is 4. The first-order chi connectivity index (χ1) is 13.8. The Morgan fingerprint density at radius 3 is 2.69 bits per heavy atom. The number of pyridine rings is 1. The number of amides is 1. The summed E-state index contributed by atoms with van der Waals surface area (Å²) >= 11 is 0. The number of carbonyl (C=O) groups excluding carboxylic acids is 1. The minimum absolute atomic E-state index is 0.00736. The van der Waals surface area contributed by atoms with Crippen LogP contribution in [0.2, 0.25) is 0 Å². The molecule has 1 aromatic heterocycles. The summed E-state index contributed by atoms with van der Waals surface area (Å²) in [6.07, 6.45) is 6.56. The lowest BCUT2D eigenvalue weighted by atomic mass is 9.44. The van der Waals surface area contributed by atoms with E-state index in [4.69, 9.17) is 10.5 Å². The molecule has 5 saturated carbocycles. The average molecular weight is 395 g/mol. The Balaban J connectivity index is 1.07. The molecule has 2 aromatic rings. The van der Waals surface area contributed by atoms with Crippen molar-refractivity contribution in [2.24, 2.45) is 29.4 Å². The van der Waals surface area contributed by atoms with Crippen molar-refractivity contribution in [3.63, 3.8) is 0 Å². The van der Waals surface area contributed by atoms with Crippen LogP contribution in [0.15, 0.2) is 30.5 Å². The van der Waals surface area contributed by atoms with Gasteiger partial charge in [-0.25, -0.2) is 4.39 Å². The molecule has 0 aliphatic heterocycles. The fourth-order valence-electron chi connectivity index (χ4n) is 6.60. The van der Waals surface area contributed by atoms with E-state index in [1.807, 2.05) is 6.07 Å². The predicted octanol–water partition coefficient (Wildman–Crippen LogP) is 3.16. The standard InChI is InChI=1S/C23H26FN3O2/c1-12(21(28)27-23-9-22(25,10-23)11-23)20-15-7-14(8-16(15)20)29-19-4-5-26-18-3-2-13(24)6-17(18)19/h2-6,12,14-16,20H,7-11,25H2,1H3,(H,27,28)/t12?,14?,15-,16+,20+,22?,23?. The van der Waals surface area contributed by atoms with Gasteiger partial charge in [0.1, 0.15) is 11.6 Å². The molecular weight excluding hydrogens is 369 g/mol. The number of nitrogens with zero attached hydrogens (tertiary/aromatic N) is 1. The Morgan fingerprint density at radius 2 is 2.00 bits per heavy atom. The van der Waals surface area contributed by atoms with Gasteiger partial charge < -0.3 is 15.8 Å². The predicted molar refractivity (Wildman–Crippen MR) is 107 cm³/mol. The lowest BCUT2D eigenvalue weighted by Gasteiger charge is -2.69. The molecule has 152 valence electrons. The number of rotatable bonds is 5. The number of halogens is 1. The van der Waals surface area contributed by atoms with Crippen molar-refractivity contribution in [3.05, 3.63) is 36.3 Å². The number of nitrogens with one attached hydrogen (secondary N) is 1. The van der Waals surface area contributed by atoms with Gasteiger partial charge in [-0.3, -0.25) is 9.78 Å². The summed E-state index contributed by atoms with van der Waals surface area (Å²) in [5.74, 6) is 2.22. The second-order valence-corrected chi connectivity index (χ2v) is 10.0. The molecule has 5 atom stereocenters. The third-order valence-corrected chi connectivity index (χ3v) is 7.88. The Morgan fingerprint density at radius 1 is 1.28 bits per heavy atom. The lowest BCUT2D eigenvalue weighted by Crippen LogP contribution is -2.82. The maximum absolute atomic E-state index is 13.7. The van der Waals surface area contributed by atoms with Gasteiger partial charge in [-0.2, -0.15) is 0 Å². The molecule has 2 bridgehead atoms. The number of nitrogens with two attached hydrogens (primary N) is 1. The first-order valence-electron chi connectivity index (χ1n) is 10.7. The van der Waals surface area contributed by atoms with Gasteiger partial charge >= 0.3 is 0 Å². The quantitative estimate of drug-likeness (QED) is 0.815. The van der Waals surface area contributed by atoms with Crippen LogP contribution < -0.4 is 15.8 Å². The van der Waals surface area contributed by atoms with Gasteiger partial charge in [-0.05, 0) is 74.1 Å². The molecule has 1 aromatic carbocycles. The van der Waals surface area contributed by atoms with Crippen LogP contribution in [-0.4, -0.2) is 28.1 Å². The molecule has 6 heteroatoms. The van der Waals surface area contributed by atoms with E-state index in [0.29, 0.717) is 28.9 Å². The molecule has 1 heterocycles. The smallest absolute Gasteiger partial charge is 0.223 e. The minimum Gasteiger partial charge on any atom is -0.490 e. The van der Waals surface area contributed by atoms with E-state index < -0.39 is 0 Å². The molecule has 0 radical (unpaired) electrons. The van der Waals surface area contributed by atoms with E-state index in [-0.39, 0.29) is 34.8 Å². The van der Waals surface area contributed by atoms with Gasteiger partial charge in [-0.1, -0.05) is 6.92 Å². The van der Waals surface area contributed by atoms with Crippen LogP contribution in [0.25, 0.3) is 10.9 Å². The Kier molecular flexibility index (Phi) is 3.46. The van der Waals surface area contributed by atoms with Gasteiger partial charge in [-0.15, -0.1) is 0 Å². The van der Waals surface area contributed by atoms with Gasteiger partial charge in [0.2, 0.25) is 5.91 Å². The van der Waals surface area contributed by atoms with Gasteiger partial charge in [0.05, 0.1) is 11.6 Å². The van der Waals surface area contributed by atoms with Gasteiger partial charge in [0.15, 0.2) is 0 Å². The maximum atomic E-state index is 13.7. The first-order valence-corrected chi connectivity index (χ1v) is 10.7. The molecule has 0 saturated heterocycles. The summed E-state index contributed by atoms with van der Waals surface area (Å²) in [5.41, 5.74) is 6.86. The Bertz CT molecular complexity index is 993. The van der Waals surface area contributed by atoms with E-state index in [9.17, 15) is 9.18 Å². The van der Waals surface area contributed by atoms with Crippen molar-refractivity contribution >= 4 is 16.8 Å². The number of aromatic nitrogens is 1. The zero-order valence-corrected chi connectivity index (χ0v) is 16.5. The van der Waals surface area contributed by atoms with Crippen molar-refractivity contribution in [2.75, 3.05) is 0 Å². The number of carbonyl (C=O) groups is 1. The summed E-state index contributed by atoms with van der Waals surface area (Å²) in [7, 11) is 0. The fourth-order valence-corrected chi connectivity index (χ4v) is 6.60. The Labute approximate surface area is 169 Å². The molecule has 29 heavy (non-hydrogen) atoms.